The number of benzene rings is 1. The molecule has 21 heavy (non-hydrogen) atoms. The summed E-state index contributed by atoms with van der Waals surface area (Å²) < 4.78 is 26.0. The summed E-state index contributed by atoms with van der Waals surface area (Å²) in [4.78, 5) is 10.5. The van der Waals surface area contributed by atoms with Crippen LogP contribution in [0.25, 0.3) is 6.08 Å². The van der Waals surface area contributed by atoms with Crippen LogP contribution in [-0.2, 0) is 14.8 Å². The first-order valence-electron chi connectivity index (χ1n) is 6.31. The average Bonchev–Trinajstić information content (AvgIpc) is 2.35. The number of hydrogen-bond acceptors (Lipinski definition) is 3. The van der Waals surface area contributed by atoms with Gasteiger partial charge in [0.15, 0.2) is 0 Å². The molecule has 0 heterocycles. The monoisotopic (exact) mass is 331 g/mol. The number of carboxylic acid groups (broad SMARTS) is 1. The molecule has 0 aliphatic rings. The van der Waals surface area contributed by atoms with Gasteiger partial charge < -0.3 is 5.11 Å². The number of hydrogen-bond donors (Lipinski definition) is 1. The zero-order valence-electron chi connectivity index (χ0n) is 12.1. The zero-order valence-corrected chi connectivity index (χ0v) is 13.6. The molecule has 0 atom stereocenters. The van der Waals surface area contributed by atoms with E-state index in [1.54, 1.807) is 0 Å². The van der Waals surface area contributed by atoms with Crippen LogP contribution < -0.4 is 0 Å². The fourth-order valence-electron chi connectivity index (χ4n) is 1.78. The Morgan fingerprint density at radius 3 is 2.52 bits per heavy atom. The van der Waals surface area contributed by atoms with Crippen molar-refractivity contribution in [3.8, 4) is 0 Å². The van der Waals surface area contributed by atoms with E-state index >= 15 is 0 Å². The normalized spacial score (nSPS) is 12.5. The predicted molar refractivity (Wildman–Crippen MR) is 82.8 cm³/mol. The van der Waals surface area contributed by atoms with Crippen molar-refractivity contribution in [2.45, 2.75) is 18.7 Å². The molecule has 0 aromatic heterocycles. The second-order valence-corrected chi connectivity index (χ2v) is 7.46. The molecule has 0 saturated heterocycles. The Morgan fingerprint density at radius 2 is 2.05 bits per heavy atom. The van der Waals surface area contributed by atoms with Crippen molar-refractivity contribution >= 4 is 33.7 Å². The van der Waals surface area contributed by atoms with Crippen LogP contribution in [0.2, 0.25) is 5.02 Å². The molecule has 116 valence electrons. The van der Waals surface area contributed by atoms with Crippen molar-refractivity contribution < 1.29 is 18.3 Å². The third-order valence-electron chi connectivity index (χ3n) is 2.68. The van der Waals surface area contributed by atoms with E-state index < -0.39 is 16.0 Å². The molecule has 1 aromatic carbocycles. The summed E-state index contributed by atoms with van der Waals surface area (Å²) in [6.07, 6.45) is 2.31. The second-order valence-electron chi connectivity index (χ2n) is 5.04. The molecular weight excluding hydrogens is 314 g/mol. The van der Waals surface area contributed by atoms with Crippen LogP contribution in [-0.4, -0.2) is 37.4 Å². The van der Waals surface area contributed by atoms with Crippen molar-refractivity contribution in [1.82, 2.24) is 4.31 Å². The molecular formula is C14H18ClNO4S. The molecule has 0 aliphatic heterocycles. The van der Waals surface area contributed by atoms with Crippen LogP contribution in [0.4, 0.5) is 0 Å². The summed E-state index contributed by atoms with van der Waals surface area (Å²) in [7, 11) is -2.15. The number of aliphatic carboxylic acids is 1. The van der Waals surface area contributed by atoms with Crippen LogP contribution in [0.3, 0.4) is 0 Å². The molecule has 1 rings (SSSR count). The lowest BCUT2D eigenvalue weighted by molar-refractivity contribution is -0.131. The smallest absolute Gasteiger partial charge is 0.328 e. The van der Waals surface area contributed by atoms with Crippen LogP contribution >= 0.6 is 11.6 Å². The standard InChI is InChI=1S/C14H18ClNO4S/c1-10(2)9-16(3)21(19,20)13-6-4-11(8-12(13)15)5-7-14(17)18/h4-8,10H,9H2,1-3H3,(H,17,18). The highest BCUT2D eigenvalue weighted by Gasteiger charge is 2.24. The lowest BCUT2D eigenvalue weighted by Gasteiger charge is -2.20. The maximum atomic E-state index is 12.4. The Hall–Kier alpha value is -1.37. The first-order valence-corrected chi connectivity index (χ1v) is 8.13. The van der Waals surface area contributed by atoms with Gasteiger partial charge in [-0.25, -0.2) is 17.5 Å². The molecule has 0 unspecified atom stereocenters. The zero-order chi connectivity index (χ0) is 16.2. The molecule has 0 aliphatic carbocycles. The predicted octanol–water partition coefficient (Wildman–Crippen LogP) is 2.71. The van der Waals surface area contributed by atoms with Gasteiger partial charge in [-0.05, 0) is 29.7 Å². The van der Waals surface area contributed by atoms with Gasteiger partial charge in [-0.15, -0.1) is 0 Å². The van der Waals surface area contributed by atoms with E-state index in [0.29, 0.717) is 12.1 Å². The highest BCUT2D eigenvalue weighted by Crippen LogP contribution is 2.26. The summed E-state index contributed by atoms with van der Waals surface area (Å²) in [5.74, 6) is -0.888. The van der Waals surface area contributed by atoms with Gasteiger partial charge >= 0.3 is 5.97 Å². The van der Waals surface area contributed by atoms with Gasteiger partial charge in [0.2, 0.25) is 10.0 Å². The molecule has 0 spiro atoms. The molecule has 1 aromatic rings. The Labute approximate surface area is 129 Å². The van der Waals surface area contributed by atoms with E-state index in [2.05, 4.69) is 0 Å². The van der Waals surface area contributed by atoms with E-state index in [1.807, 2.05) is 13.8 Å². The van der Waals surface area contributed by atoms with Crippen LogP contribution in [0, 0.1) is 5.92 Å². The number of carboxylic acids is 1. The minimum absolute atomic E-state index is 0.0137. The maximum absolute atomic E-state index is 12.4. The van der Waals surface area contributed by atoms with Crippen LogP contribution in [0.1, 0.15) is 19.4 Å². The van der Waals surface area contributed by atoms with E-state index in [-0.39, 0.29) is 15.8 Å². The summed E-state index contributed by atoms with van der Waals surface area (Å²) in [6, 6.07) is 4.33. The third-order valence-corrected chi connectivity index (χ3v) is 4.99. The molecule has 7 heteroatoms. The van der Waals surface area contributed by atoms with E-state index in [4.69, 9.17) is 16.7 Å². The minimum Gasteiger partial charge on any atom is -0.478 e. The largest absolute Gasteiger partial charge is 0.478 e. The number of nitrogens with zero attached hydrogens (tertiary/aromatic N) is 1. The van der Waals surface area contributed by atoms with Gasteiger partial charge in [-0.2, -0.15) is 0 Å². The molecule has 0 bridgehead atoms. The number of carbonyl (C=O) groups is 1. The first kappa shape index (κ1) is 17.7. The van der Waals surface area contributed by atoms with Gasteiger partial charge in [0.05, 0.1) is 5.02 Å². The number of rotatable bonds is 6. The Balaban J connectivity index is 3.12. The second kappa shape index (κ2) is 7.06. The van der Waals surface area contributed by atoms with Gasteiger partial charge in [-0.3, -0.25) is 0 Å². The Bertz CT molecular complexity index is 653. The summed E-state index contributed by atoms with van der Waals surface area (Å²) in [5.41, 5.74) is 0.521. The SMILES string of the molecule is CC(C)CN(C)S(=O)(=O)c1ccc(C=CC(=O)O)cc1Cl. The van der Waals surface area contributed by atoms with E-state index in [9.17, 15) is 13.2 Å². The third kappa shape index (κ3) is 4.84. The average molecular weight is 332 g/mol. The van der Waals surface area contributed by atoms with Gasteiger partial charge in [0.25, 0.3) is 0 Å². The fourth-order valence-corrected chi connectivity index (χ4v) is 3.63. The minimum atomic E-state index is -3.65. The Kier molecular flexibility index (Phi) is 5.95. The highest BCUT2D eigenvalue weighted by molar-refractivity contribution is 7.89. The van der Waals surface area contributed by atoms with Crippen molar-refractivity contribution in [3.63, 3.8) is 0 Å². The lowest BCUT2D eigenvalue weighted by Crippen LogP contribution is -2.30. The first-order chi connectivity index (χ1) is 9.64. The summed E-state index contributed by atoms with van der Waals surface area (Å²) in [5, 5.41) is 8.63. The van der Waals surface area contributed by atoms with Crippen LogP contribution in [0.5, 0.6) is 0 Å². The van der Waals surface area contributed by atoms with Gasteiger partial charge in [0, 0.05) is 19.7 Å². The summed E-state index contributed by atoms with van der Waals surface area (Å²) >= 11 is 6.02. The molecule has 0 amide bonds. The molecule has 0 radical (unpaired) electrons. The van der Waals surface area contributed by atoms with Crippen molar-refractivity contribution in [2.75, 3.05) is 13.6 Å². The molecule has 0 fully saturated rings. The quantitative estimate of drug-likeness (QED) is 0.813. The molecule has 1 N–H and O–H groups in total. The number of halogens is 1. The van der Waals surface area contributed by atoms with Gasteiger partial charge in [0.1, 0.15) is 4.90 Å². The summed E-state index contributed by atoms with van der Waals surface area (Å²) in [6.45, 7) is 4.24. The Morgan fingerprint density at radius 1 is 1.43 bits per heavy atom. The van der Waals surface area contributed by atoms with E-state index in [1.165, 1.54) is 35.6 Å². The van der Waals surface area contributed by atoms with Crippen LogP contribution in [0.15, 0.2) is 29.2 Å². The fraction of sp³-hybridized carbons (Fsp3) is 0.357. The van der Waals surface area contributed by atoms with Gasteiger partial charge in [-0.1, -0.05) is 31.5 Å². The lowest BCUT2D eigenvalue weighted by atomic mass is 10.2. The number of sulfonamides is 1. The van der Waals surface area contributed by atoms with Crippen molar-refractivity contribution in [2.24, 2.45) is 5.92 Å². The highest BCUT2D eigenvalue weighted by atomic mass is 35.5. The topological polar surface area (TPSA) is 74.7 Å². The van der Waals surface area contributed by atoms with E-state index in [0.717, 1.165) is 6.08 Å². The maximum Gasteiger partial charge on any atom is 0.328 e. The molecule has 0 saturated carbocycles. The van der Waals surface area contributed by atoms with Crippen molar-refractivity contribution in [3.05, 3.63) is 34.9 Å². The van der Waals surface area contributed by atoms with Crippen molar-refractivity contribution in [1.29, 1.82) is 0 Å². The molecule has 5 nitrogen and oxygen atoms in total.